The first kappa shape index (κ1) is 14.7. The number of ether oxygens (including phenoxy) is 1. The molecular weight excluding hydrogens is 252 g/mol. The molecule has 4 nitrogen and oxygen atoms in total. The first-order chi connectivity index (χ1) is 9.60. The third kappa shape index (κ3) is 3.65. The molecular formula is C16H24N2O2. The van der Waals surface area contributed by atoms with Crippen molar-refractivity contribution in [1.82, 2.24) is 0 Å². The van der Waals surface area contributed by atoms with E-state index < -0.39 is 0 Å². The summed E-state index contributed by atoms with van der Waals surface area (Å²) in [7, 11) is 0. The van der Waals surface area contributed by atoms with E-state index in [1.54, 1.807) is 13.0 Å². The summed E-state index contributed by atoms with van der Waals surface area (Å²) in [5, 5.41) is 3.49. The molecule has 0 spiro atoms. The van der Waals surface area contributed by atoms with Crippen LogP contribution in [0.2, 0.25) is 0 Å². The van der Waals surface area contributed by atoms with E-state index in [0.717, 1.165) is 24.4 Å². The van der Waals surface area contributed by atoms with Gasteiger partial charge in [-0.05, 0) is 43.9 Å². The minimum atomic E-state index is -0.314. The van der Waals surface area contributed by atoms with Gasteiger partial charge in [-0.25, -0.2) is 4.79 Å². The summed E-state index contributed by atoms with van der Waals surface area (Å²) < 4.78 is 5.10. The molecule has 1 aromatic carbocycles. The van der Waals surface area contributed by atoms with Crippen LogP contribution in [0.1, 0.15) is 49.9 Å². The predicted molar refractivity (Wildman–Crippen MR) is 81.9 cm³/mol. The van der Waals surface area contributed by atoms with Crippen LogP contribution in [0.15, 0.2) is 18.2 Å². The van der Waals surface area contributed by atoms with E-state index in [0.29, 0.717) is 23.9 Å². The van der Waals surface area contributed by atoms with Crippen molar-refractivity contribution >= 4 is 17.3 Å². The van der Waals surface area contributed by atoms with Crippen molar-refractivity contribution < 1.29 is 9.53 Å². The molecule has 1 aliphatic rings. The molecule has 4 heteroatoms. The van der Waals surface area contributed by atoms with Crippen molar-refractivity contribution in [3.05, 3.63) is 23.8 Å². The number of benzene rings is 1. The number of carbonyl (C=O) groups is 1. The van der Waals surface area contributed by atoms with Gasteiger partial charge < -0.3 is 15.8 Å². The minimum Gasteiger partial charge on any atom is -0.462 e. The first-order valence-corrected chi connectivity index (χ1v) is 7.43. The van der Waals surface area contributed by atoms with Crippen LogP contribution in [0, 0.1) is 5.92 Å². The quantitative estimate of drug-likeness (QED) is 0.653. The highest BCUT2D eigenvalue weighted by Gasteiger charge is 2.21. The number of carbonyl (C=O) groups excluding carboxylic acids is 1. The summed E-state index contributed by atoms with van der Waals surface area (Å²) in [5.74, 6) is 0.423. The molecule has 0 bridgehead atoms. The molecule has 110 valence electrons. The zero-order valence-electron chi connectivity index (χ0n) is 12.3. The molecule has 3 N–H and O–H groups in total. The van der Waals surface area contributed by atoms with Gasteiger partial charge in [0.15, 0.2) is 0 Å². The largest absolute Gasteiger partial charge is 0.462 e. The maximum Gasteiger partial charge on any atom is 0.340 e. The minimum absolute atomic E-state index is 0.314. The zero-order valence-corrected chi connectivity index (χ0v) is 12.3. The average Bonchev–Trinajstić information content (AvgIpc) is 2.41. The Morgan fingerprint density at radius 1 is 1.45 bits per heavy atom. The maximum absolute atomic E-state index is 12.0. The second-order valence-electron chi connectivity index (χ2n) is 5.64. The van der Waals surface area contributed by atoms with Crippen molar-refractivity contribution in [2.24, 2.45) is 5.92 Å². The van der Waals surface area contributed by atoms with Crippen molar-refractivity contribution in [2.75, 3.05) is 17.7 Å². The molecule has 0 heterocycles. The summed E-state index contributed by atoms with van der Waals surface area (Å²) >= 11 is 0. The van der Waals surface area contributed by atoms with E-state index in [2.05, 4.69) is 12.2 Å². The molecule has 0 saturated heterocycles. The predicted octanol–water partition coefficient (Wildman–Crippen LogP) is 3.44. The summed E-state index contributed by atoms with van der Waals surface area (Å²) in [5.41, 5.74) is 7.72. The topological polar surface area (TPSA) is 64.3 Å². The number of nitrogens with two attached hydrogens (primary N) is 1. The molecule has 0 aromatic heterocycles. The number of esters is 1. The van der Waals surface area contributed by atoms with E-state index in [4.69, 9.17) is 10.5 Å². The Balaban J connectivity index is 2.15. The third-order valence-corrected chi connectivity index (χ3v) is 3.83. The Labute approximate surface area is 120 Å². The van der Waals surface area contributed by atoms with Gasteiger partial charge in [0.05, 0.1) is 12.2 Å². The molecule has 0 amide bonds. The summed E-state index contributed by atoms with van der Waals surface area (Å²) in [6.07, 6.45) is 4.83. The smallest absolute Gasteiger partial charge is 0.340 e. The van der Waals surface area contributed by atoms with E-state index >= 15 is 0 Å². The van der Waals surface area contributed by atoms with Crippen LogP contribution >= 0.6 is 0 Å². The van der Waals surface area contributed by atoms with Gasteiger partial charge in [-0.1, -0.05) is 19.8 Å². The van der Waals surface area contributed by atoms with Crippen molar-refractivity contribution in [3.8, 4) is 0 Å². The number of hydrogen-bond acceptors (Lipinski definition) is 4. The van der Waals surface area contributed by atoms with Crippen LogP contribution in [-0.2, 0) is 4.74 Å². The van der Waals surface area contributed by atoms with Crippen LogP contribution in [0.4, 0.5) is 11.4 Å². The number of nitrogen functional groups attached to an aromatic ring is 1. The highest BCUT2D eigenvalue weighted by molar-refractivity contribution is 5.96. The fraction of sp³-hybridized carbons (Fsp3) is 0.562. The molecule has 1 aliphatic carbocycles. The molecule has 2 unspecified atom stereocenters. The van der Waals surface area contributed by atoms with E-state index in [1.807, 2.05) is 12.1 Å². The Hall–Kier alpha value is -1.71. The number of anilines is 2. The fourth-order valence-electron chi connectivity index (χ4n) is 2.85. The third-order valence-electron chi connectivity index (χ3n) is 3.83. The second-order valence-corrected chi connectivity index (χ2v) is 5.64. The van der Waals surface area contributed by atoms with Gasteiger partial charge in [0.25, 0.3) is 0 Å². The van der Waals surface area contributed by atoms with E-state index in [1.165, 1.54) is 12.8 Å². The number of hydrogen-bond donors (Lipinski definition) is 2. The van der Waals surface area contributed by atoms with E-state index in [-0.39, 0.29) is 5.97 Å². The summed E-state index contributed by atoms with van der Waals surface area (Å²) in [6.45, 7) is 4.46. The van der Waals surface area contributed by atoms with Gasteiger partial charge in [0.2, 0.25) is 0 Å². The van der Waals surface area contributed by atoms with Crippen LogP contribution < -0.4 is 11.1 Å². The lowest BCUT2D eigenvalue weighted by molar-refractivity contribution is 0.0527. The van der Waals surface area contributed by atoms with Gasteiger partial charge in [0.1, 0.15) is 0 Å². The van der Waals surface area contributed by atoms with E-state index in [9.17, 15) is 4.79 Å². The summed E-state index contributed by atoms with van der Waals surface area (Å²) in [4.78, 5) is 12.0. The normalized spacial score (nSPS) is 22.3. The lowest BCUT2D eigenvalue weighted by atomic mass is 9.87. The van der Waals surface area contributed by atoms with Crippen LogP contribution in [0.25, 0.3) is 0 Å². The fourth-order valence-corrected chi connectivity index (χ4v) is 2.85. The molecule has 2 rings (SSSR count). The van der Waals surface area contributed by atoms with Crippen molar-refractivity contribution in [1.29, 1.82) is 0 Å². The molecule has 0 radical (unpaired) electrons. The maximum atomic E-state index is 12.0. The van der Waals surface area contributed by atoms with Crippen molar-refractivity contribution in [2.45, 2.75) is 45.6 Å². The SMILES string of the molecule is CCOC(=O)c1cc(N)ccc1NC1CCCC(C)C1. The van der Waals surface area contributed by atoms with Gasteiger partial charge in [0, 0.05) is 17.4 Å². The number of nitrogens with one attached hydrogen (secondary N) is 1. The molecule has 2 atom stereocenters. The van der Waals surface area contributed by atoms with Gasteiger partial charge in [-0.2, -0.15) is 0 Å². The molecule has 1 fully saturated rings. The Morgan fingerprint density at radius 2 is 2.25 bits per heavy atom. The summed E-state index contributed by atoms with van der Waals surface area (Å²) in [6, 6.07) is 5.81. The van der Waals surface area contributed by atoms with Crippen LogP contribution in [-0.4, -0.2) is 18.6 Å². The first-order valence-electron chi connectivity index (χ1n) is 7.43. The van der Waals surface area contributed by atoms with Crippen molar-refractivity contribution in [3.63, 3.8) is 0 Å². The van der Waals surface area contributed by atoms with Gasteiger partial charge >= 0.3 is 5.97 Å². The molecule has 1 saturated carbocycles. The Bertz CT molecular complexity index is 474. The monoisotopic (exact) mass is 276 g/mol. The van der Waals surface area contributed by atoms with Crippen LogP contribution in [0.3, 0.4) is 0 Å². The Morgan fingerprint density at radius 3 is 2.95 bits per heavy atom. The second kappa shape index (κ2) is 6.64. The Kier molecular flexibility index (Phi) is 4.88. The van der Waals surface area contributed by atoms with Gasteiger partial charge in [-0.3, -0.25) is 0 Å². The van der Waals surface area contributed by atoms with Crippen LogP contribution in [0.5, 0.6) is 0 Å². The highest BCUT2D eigenvalue weighted by Crippen LogP contribution is 2.28. The highest BCUT2D eigenvalue weighted by atomic mass is 16.5. The molecule has 0 aliphatic heterocycles. The van der Waals surface area contributed by atoms with Gasteiger partial charge in [-0.15, -0.1) is 0 Å². The number of rotatable bonds is 4. The zero-order chi connectivity index (χ0) is 14.5. The molecule has 1 aromatic rings. The average molecular weight is 276 g/mol. The standard InChI is InChI=1S/C16H24N2O2/c1-3-20-16(19)14-10-12(17)7-8-15(14)18-13-6-4-5-11(2)9-13/h7-8,10-11,13,18H,3-6,9,17H2,1-2H3. The molecule has 20 heavy (non-hydrogen) atoms. The lowest BCUT2D eigenvalue weighted by Gasteiger charge is -2.29. The lowest BCUT2D eigenvalue weighted by Crippen LogP contribution is -2.27.